The van der Waals surface area contributed by atoms with Gasteiger partial charge in [-0.3, -0.25) is 19.4 Å². The highest BCUT2D eigenvalue weighted by molar-refractivity contribution is 7.92. The number of hydrogen-bond acceptors (Lipinski definition) is 7. The minimum Gasteiger partial charge on any atom is -0.277 e. The van der Waals surface area contributed by atoms with E-state index in [1.807, 2.05) is 6.07 Å². The van der Waals surface area contributed by atoms with Crippen LogP contribution in [0.25, 0.3) is 22.2 Å². The highest BCUT2D eigenvalue weighted by atomic mass is 32.2. The molecule has 3 heterocycles. The zero-order valence-electron chi connectivity index (χ0n) is 16.0. The SMILES string of the molecule is Cn1ncc2cccc(NS(=O)(=O)c3ccc(-c4cncc(S(C)(=O)=O)c4)nc3)c21. The van der Waals surface area contributed by atoms with Gasteiger partial charge in [-0.2, -0.15) is 5.10 Å². The Kier molecular flexibility index (Phi) is 4.79. The third kappa shape index (κ3) is 3.76. The lowest BCUT2D eigenvalue weighted by Gasteiger charge is -2.10. The molecule has 0 radical (unpaired) electrons. The maximum atomic E-state index is 12.8. The van der Waals surface area contributed by atoms with Gasteiger partial charge in [-0.25, -0.2) is 16.8 Å². The van der Waals surface area contributed by atoms with Gasteiger partial charge in [-0.15, -0.1) is 0 Å². The summed E-state index contributed by atoms with van der Waals surface area (Å²) in [5, 5.41) is 4.96. The molecule has 0 fully saturated rings. The van der Waals surface area contributed by atoms with E-state index < -0.39 is 19.9 Å². The second-order valence-corrected chi connectivity index (χ2v) is 10.4. The molecular weight excluding hydrogens is 426 g/mol. The molecule has 1 N–H and O–H groups in total. The average Bonchev–Trinajstić information content (AvgIpc) is 3.09. The molecule has 4 rings (SSSR count). The van der Waals surface area contributed by atoms with Gasteiger partial charge < -0.3 is 0 Å². The molecule has 0 spiro atoms. The number of sulfone groups is 1. The predicted molar refractivity (Wildman–Crippen MR) is 112 cm³/mol. The summed E-state index contributed by atoms with van der Waals surface area (Å²) in [5.41, 5.74) is 1.94. The molecule has 0 saturated heterocycles. The Labute approximate surface area is 173 Å². The van der Waals surface area contributed by atoms with E-state index in [0.29, 0.717) is 22.5 Å². The Morgan fingerprint density at radius 3 is 2.43 bits per heavy atom. The van der Waals surface area contributed by atoms with Gasteiger partial charge in [0.1, 0.15) is 4.90 Å². The number of aromatic nitrogens is 4. The number of para-hydroxylation sites is 1. The van der Waals surface area contributed by atoms with E-state index in [1.54, 1.807) is 30.1 Å². The topological polar surface area (TPSA) is 124 Å². The van der Waals surface area contributed by atoms with Crippen LogP contribution >= 0.6 is 0 Å². The zero-order valence-corrected chi connectivity index (χ0v) is 17.6. The fourth-order valence-corrected chi connectivity index (χ4v) is 4.60. The number of fused-ring (bicyclic) bond motifs is 1. The minimum atomic E-state index is -3.89. The van der Waals surface area contributed by atoms with Gasteiger partial charge in [0.25, 0.3) is 10.0 Å². The molecule has 4 aromatic rings. The van der Waals surface area contributed by atoms with Crippen LogP contribution in [0.15, 0.2) is 71.0 Å². The van der Waals surface area contributed by atoms with Gasteiger partial charge in [-0.1, -0.05) is 12.1 Å². The molecule has 3 aromatic heterocycles. The van der Waals surface area contributed by atoms with Crippen molar-refractivity contribution >= 4 is 36.5 Å². The summed E-state index contributed by atoms with van der Waals surface area (Å²) in [7, 11) is -5.58. The molecule has 0 amide bonds. The molecule has 0 bridgehead atoms. The van der Waals surface area contributed by atoms with Gasteiger partial charge in [0.05, 0.1) is 28.0 Å². The number of nitrogens with one attached hydrogen (secondary N) is 1. The van der Waals surface area contributed by atoms with E-state index in [1.165, 1.54) is 36.8 Å². The molecule has 0 aliphatic heterocycles. The minimum absolute atomic E-state index is 0.0300. The Hall–Kier alpha value is -3.31. The summed E-state index contributed by atoms with van der Waals surface area (Å²) in [6, 6.07) is 9.59. The van der Waals surface area contributed by atoms with E-state index in [4.69, 9.17) is 0 Å². The van der Waals surface area contributed by atoms with Crippen LogP contribution in [-0.2, 0) is 26.9 Å². The smallest absolute Gasteiger partial charge is 0.263 e. The van der Waals surface area contributed by atoms with E-state index in [2.05, 4.69) is 19.8 Å². The second kappa shape index (κ2) is 7.18. The number of benzene rings is 1. The molecular formula is C19H17N5O4S2. The van der Waals surface area contributed by atoms with Crippen molar-refractivity contribution in [2.45, 2.75) is 9.79 Å². The van der Waals surface area contributed by atoms with E-state index in [-0.39, 0.29) is 9.79 Å². The lowest BCUT2D eigenvalue weighted by Crippen LogP contribution is -2.14. The maximum Gasteiger partial charge on any atom is 0.263 e. The van der Waals surface area contributed by atoms with Crippen LogP contribution in [-0.4, -0.2) is 42.8 Å². The monoisotopic (exact) mass is 443 g/mol. The van der Waals surface area contributed by atoms with E-state index in [9.17, 15) is 16.8 Å². The molecule has 9 nitrogen and oxygen atoms in total. The Balaban J connectivity index is 1.66. The Morgan fingerprint density at radius 1 is 0.933 bits per heavy atom. The summed E-state index contributed by atoms with van der Waals surface area (Å²) in [6.07, 6.45) is 6.68. The molecule has 30 heavy (non-hydrogen) atoms. The third-order valence-corrected chi connectivity index (χ3v) is 6.92. The highest BCUT2D eigenvalue weighted by Gasteiger charge is 2.18. The lowest BCUT2D eigenvalue weighted by atomic mass is 10.2. The van der Waals surface area contributed by atoms with Crippen molar-refractivity contribution in [3.63, 3.8) is 0 Å². The summed E-state index contributed by atoms with van der Waals surface area (Å²) in [5.74, 6) is 0. The summed E-state index contributed by atoms with van der Waals surface area (Å²) < 4.78 is 53.3. The van der Waals surface area contributed by atoms with Crippen molar-refractivity contribution in [3.05, 3.63) is 61.2 Å². The summed E-state index contributed by atoms with van der Waals surface area (Å²) >= 11 is 0. The van der Waals surface area contributed by atoms with Crippen LogP contribution in [0.4, 0.5) is 5.69 Å². The van der Waals surface area contributed by atoms with Crippen molar-refractivity contribution in [1.29, 1.82) is 0 Å². The highest BCUT2D eigenvalue weighted by Crippen LogP contribution is 2.26. The second-order valence-electron chi connectivity index (χ2n) is 6.68. The first-order valence-electron chi connectivity index (χ1n) is 8.70. The van der Waals surface area contributed by atoms with Crippen molar-refractivity contribution in [1.82, 2.24) is 19.7 Å². The number of sulfonamides is 1. The molecule has 1 aromatic carbocycles. The van der Waals surface area contributed by atoms with Crippen LogP contribution in [0.1, 0.15) is 0 Å². The lowest BCUT2D eigenvalue weighted by molar-refractivity contribution is 0.599. The molecule has 154 valence electrons. The molecule has 0 unspecified atom stereocenters. The summed E-state index contributed by atoms with van der Waals surface area (Å²) in [4.78, 5) is 8.14. The molecule has 0 aliphatic rings. The van der Waals surface area contributed by atoms with Crippen LogP contribution in [0.2, 0.25) is 0 Å². The predicted octanol–water partition coefficient (Wildman–Crippen LogP) is 2.23. The van der Waals surface area contributed by atoms with Gasteiger partial charge >= 0.3 is 0 Å². The largest absolute Gasteiger partial charge is 0.277 e. The van der Waals surface area contributed by atoms with Gasteiger partial charge in [0.15, 0.2) is 9.84 Å². The fourth-order valence-electron chi connectivity index (χ4n) is 2.99. The van der Waals surface area contributed by atoms with Crippen molar-refractivity contribution in [2.24, 2.45) is 7.05 Å². The van der Waals surface area contributed by atoms with E-state index in [0.717, 1.165) is 11.6 Å². The first-order valence-corrected chi connectivity index (χ1v) is 12.1. The first-order chi connectivity index (χ1) is 14.1. The fraction of sp³-hybridized carbons (Fsp3) is 0.105. The van der Waals surface area contributed by atoms with Crippen LogP contribution in [0.3, 0.4) is 0 Å². The Morgan fingerprint density at radius 2 is 1.73 bits per heavy atom. The zero-order chi connectivity index (χ0) is 21.5. The van der Waals surface area contributed by atoms with Crippen molar-refractivity contribution < 1.29 is 16.8 Å². The van der Waals surface area contributed by atoms with Crippen LogP contribution < -0.4 is 4.72 Å². The summed E-state index contributed by atoms with van der Waals surface area (Å²) in [6.45, 7) is 0. The van der Waals surface area contributed by atoms with Crippen molar-refractivity contribution in [2.75, 3.05) is 11.0 Å². The van der Waals surface area contributed by atoms with Crippen molar-refractivity contribution in [3.8, 4) is 11.3 Å². The number of hydrogen-bond donors (Lipinski definition) is 1. The van der Waals surface area contributed by atoms with Crippen LogP contribution in [0.5, 0.6) is 0 Å². The van der Waals surface area contributed by atoms with Crippen LogP contribution in [0, 0.1) is 0 Å². The maximum absolute atomic E-state index is 12.8. The Bertz CT molecular complexity index is 1460. The molecule has 11 heteroatoms. The quantitative estimate of drug-likeness (QED) is 0.501. The van der Waals surface area contributed by atoms with E-state index >= 15 is 0 Å². The number of anilines is 1. The molecule has 0 aliphatic carbocycles. The normalized spacial score (nSPS) is 12.2. The van der Waals surface area contributed by atoms with Gasteiger partial charge in [-0.05, 0) is 24.3 Å². The first kappa shape index (κ1) is 20.0. The third-order valence-electron chi connectivity index (χ3n) is 4.49. The number of pyridine rings is 2. The van der Waals surface area contributed by atoms with Gasteiger partial charge in [0, 0.05) is 42.8 Å². The average molecular weight is 444 g/mol. The molecule has 0 atom stereocenters. The number of aryl methyl sites for hydroxylation is 1. The number of rotatable bonds is 5. The molecule has 0 saturated carbocycles. The standard InChI is InChI=1S/C19H17N5O4S2/c1-24-19-13(10-22-24)4-3-5-18(19)23-30(27,28)15-6-7-17(21-12-15)14-8-16(11-20-9-14)29(2,25)26/h3-12,23H,1-2H3. The van der Waals surface area contributed by atoms with Gasteiger partial charge in [0.2, 0.25) is 0 Å². The number of nitrogens with zero attached hydrogens (tertiary/aromatic N) is 4.